The van der Waals surface area contributed by atoms with Crippen molar-refractivity contribution in [3.63, 3.8) is 0 Å². The molecule has 9 nitrogen and oxygen atoms in total. The van der Waals surface area contributed by atoms with Gasteiger partial charge in [-0.2, -0.15) is 13.2 Å². The van der Waals surface area contributed by atoms with Gasteiger partial charge in [0, 0.05) is 37.3 Å². The van der Waals surface area contributed by atoms with Gasteiger partial charge in [0.15, 0.2) is 12.1 Å². The van der Waals surface area contributed by atoms with Crippen molar-refractivity contribution in [1.82, 2.24) is 9.47 Å². The zero-order chi connectivity index (χ0) is 32.3. The van der Waals surface area contributed by atoms with Crippen LogP contribution in [0.2, 0.25) is 0 Å². The van der Waals surface area contributed by atoms with Gasteiger partial charge < -0.3 is 30.2 Å². The van der Waals surface area contributed by atoms with Crippen molar-refractivity contribution in [3.05, 3.63) is 59.3 Å². The maximum atomic E-state index is 13.6. The van der Waals surface area contributed by atoms with Crippen LogP contribution in [0.15, 0.2) is 42.0 Å². The number of aromatic nitrogens is 1. The summed E-state index contributed by atoms with van der Waals surface area (Å²) >= 11 is 0. The summed E-state index contributed by atoms with van der Waals surface area (Å²) in [4.78, 5) is 29.5. The Morgan fingerprint density at radius 1 is 1.21 bits per heavy atom. The number of aliphatic imine (C=N–C) groups is 1. The van der Waals surface area contributed by atoms with Gasteiger partial charge in [0.05, 0.1) is 22.8 Å². The number of nitrogens with zero attached hydrogens (tertiary/aromatic N) is 3. The number of carbonyl (C=O) groups is 2. The first-order chi connectivity index (χ1) is 19.5. The van der Waals surface area contributed by atoms with Crippen LogP contribution in [0.4, 0.5) is 19.0 Å². The third kappa shape index (κ3) is 11.1. The Balaban J connectivity index is 0.000000856. The minimum absolute atomic E-state index is 0.0207. The van der Waals surface area contributed by atoms with Crippen LogP contribution in [-0.2, 0) is 10.9 Å². The number of unbranched alkanes of at least 4 members (excludes halogenated alkanes) is 1. The van der Waals surface area contributed by atoms with E-state index in [4.69, 9.17) is 20.7 Å². The number of alkyl halides is 3. The van der Waals surface area contributed by atoms with Gasteiger partial charge >= 0.3 is 6.18 Å². The quantitative estimate of drug-likeness (QED) is 0.197. The Labute approximate surface area is 245 Å². The van der Waals surface area contributed by atoms with E-state index in [1.807, 2.05) is 0 Å². The third-order valence-electron chi connectivity index (χ3n) is 5.92. The standard InChI is InChI=1S/C23H25F3N4O3.C4H10.C3H8O2/c1-4-28-21-20(14(2)27)18(23(24,25)26)12-30(21)19-10-9-16(33-19)11-29(3)22(32)17-8-6-5-7-15(17)13-31;1-3-4-2;1-3(2,4)5/h4-8,12-13,16,19H,2,9-11,27H2,1,3H3;3-4H2,1-2H3;4-5H,1-2H3/b28-4-;;. The van der Waals surface area contributed by atoms with Gasteiger partial charge in [-0.05, 0) is 39.7 Å². The average molecular weight is 597 g/mol. The lowest BCUT2D eigenvalue weighted by atomic mass is 10.1. The summed E-state index contributed by atoms with van der Waals surface area (Å²) in [5, 5.41) is 16.2. The van der Waals surface area contributed by atoms with E-state index in [1.54, 1.807) is 38.2 Å². The Kier molecular flexibility index (Phi) is 14.1. The molecule has 1 aliphatic heterocycles. The Bertz CT molecular complexity index is 1210. The number of ether oxygens (including phenoxy) is 1. The molecule has 1 aliphatic rings. The first kappa shape index (κ1) is 36.5. The molecule has 0 spiro atoms. The summed E-state index contributed by atoms with van der Waals surface area (Å²) in [6, 6.07) is 6.45. The highest BCUT2D eigenvalue weighted by Gasteiger charge is 2.40. The van der Waals surface area contributed by atoms with Gasteiger partial charge in [0.2, 0.25) is 0 Å². The highest BCUT2D eigenvalue weighted by atomic mass is 19.4. The largest absolute Gasteiger partial charge is 0.418 e. The van der Waals surface area contributed by atoms with E-state index in [1.165, 1.54) is 42.4 Å². The molecule has 1 aromatic heterocycles. The number of halogens is 3. The van der Waals surface area contributed by atoms with Gasteiger partial charge in [-0.15, -0.1) is 0 Å². The zero-order valence-electron chi connectivity index (χ0n) is 25.1. The molecule has 1 aromatic carbocycles. The monoisotopic (exact) mass is 596 g/mol. The Morgan fingerprint density at radius 3 is 2.26 bits per heavy atom. The van der Waals surface area contributed by atoms with Crippen LogP contribution >= 0.6 is 0 Å². The summed E-state index contributed by atoms with van der Waals surface area (Å²) in [6.45, 7) is 12.2. The SMILES string of the molecule is C=C(N)c1c(C(F)(F)F)cn(C2CCC(CN(C)C(=O)c3ccccc3C=O)O2)c1/N=C\C.CC(C)(O)O.CCCC. The summed E-state index contributed by atoms with van der Waals surface area (Å²) in [7, 11) is 1.58. The van der Waals surface area contributed by atoms with Crippen molar-refractivity contribution in [2.24, 2.45) is 10.7 Å². The molecular weight excluding hydrogens is 553 g/mol. The molecule has 2 aromatic rings. The minimum Gasteiger partial charge on any atom is -0.399 e. The van der Waals surface area contributed by atoms with Crippen molar-refractivity contribution >= 4 is 29.9 Å². The van der Waals surface area contributed by atoms with E-state index >= 15 is 0 Å². The smallest absolute Gasteiger partial charge is 0.399 e. The van der Waals surface area contributed by atoms with Gasteiger partial charge in [0.25, 0.3) is 5.91 Å². The van der Waals surface area contributed by atoms with Crippen LogP contribution in [0.3, 0.4) is 0 Å². The van der Waals surface area contributed by atoms with E-state index in [0.717, 1.165) is 6.20 Å². The van der Waals surface area contributed by atoms with E-state index in [-0.39, 0.29) is 40.7 Å². The fraction of sp³-hybridized carbons (Fsp3) is 0.500. The average Bonchev–Trinajstić information content (AvgIpc) is 3.52. The van der Waals surface area contributed by atoms with Crippen LogP contribution < -0.4 is 5.73 Å². The number of aliphatic hydroxyl groups is 2. The second kappa shape index (κ2) is 16.2. The Morgan fingerprint density at radius 2 is 1.79 bits per heavy atom. The number of amides is 1. The molecule has 4 N–H and O–H groups in total. The number of benzene rings is 1. The molecule has 12 heteroatoms. The lowest BCUT2D eigenvalue weighted by Gasteiger charge is -2.23. The van der Waals surface area contributed by atoms with Gasteiger partial charge in [0.1, 0.15) is 12.0 Å². The fourth-order valence-corrected chi connectivity index (χ4v) is 3.93. The van der Waals surface area contributed by atoms with Crippen LogP contribution in [0.25, 0.3) is 5.70 Å². The lowest BCUT2D eigenvalue weighted by Crippen LogP contribution is -2.34. The molecule has 0 aliphatic carbocycles. The first-order valence-corrected chi connectivity index (χ1v) is 13.6. The number of carbonyl (C=O) groups excluding carboxylic acids is 2. The van der Waals surface area contributed by atoms with Crippen molar-refractivity contribution < 1.29 is 37.7 Å². The third-order valence-corrected chi connectivity index (χ3v) is 5.92. The number of hydrogen-bond donors (Lipinski definition) is 3. The molecule has 0 saturated carbocycles. The predicted octanol–water partition coefficient (Wildman–Crippen LogP) is 5.93. The van der Waals surface area contributed by atoms with Crippen molar-refractivity contribution in [3.8, 4) is 0 Å². The minimum atomic E-state index is -4.64. The normalized spacial score (nSPS) is 16.7. The molecule has 1 fully saturated rings. The first-order valence-electron chi connectivity index (χ1n) is 13.6. The number of nitrogens with two attached hydrogens (primary N) is 1. The van der Waals surface area contributed by atoms with Gasteiger partial charge in [-0.1, -0.05) is 51.5 Å². The zero-order valence-corrected chi connectivity index (χ0v) is 25.1. The fourth-order valence-electron chi connectivity index (χ4n) is 3.93. The van der Waals surface area contributed by atoms with Crippen LogP contribution in [0.5, 0.6) is 0 Å². The van der Waals surface area contributed by atoms with Crippen LogP contribution in [-0.4, -0.2) is 63.6 Å². The predicted molar refractivity (Wildman–Crippen MR) is 158 cm³/mol. The molecule has 2 atom stereocenters. The van der Waals surface area contributed by atoms with Crippen molar-refractivity contribution in [2.45, 2.75) is 84.6 Å². The second-order valence-corrected chi connectivity index (χ2v) is 10.2. The molecule has 2 unspecified atom stereocenters. The number of likely N-dealkylation sites (N-methyl/N-ethyl adjacent to an activating group) is 1. The summed E-state index contributed by atoms with van der Waals surface area (Å²) < 4.78 is 48.2. The van der Waals surface area contributed by atoms with E-state index in [2.05, 4.69) is 25.4 Å². The van der Waals surface area contributed by atoms with Crippen molar-refractivity contribution in [1.29, 1.82) is 0 Å². The van der Waals surface area contributed by atoms with E-state index < -0.39 is 29.9 Å². The molecule has 1 amide bonds. The van der Waals surface area contributed by atoms with Crippen LogP contribution in [0.1, 0.15) is 98.4 Å². The highest BCUT2D eigenvalue weighted by molar-refractivity contribution is 6.01. The molecule has 42 heavy (non-hydrogen) atoms. The maximum Gasteiger partial charge on any atom is 0.418 e. The highest BCUT2D eigenvalue weighted by Crippen LogP contribution is 2.43. The summed E-state index contributed by atoms with van der Waals surface area (Å²) in [5.74, 6) is -1.82. The number of hydrogen-bond acceptors (Lipinski definition) is 7. The van der Waals surface area contributed by atoms with Gasteiger partial charge in [-0.3, -0.25) is 9.59 Å². The second-order valence-electron chi connectivity index (χ2n) is 10.2. The lowest BCUT2D eigenvalue weighted by molar-refractivity contribution is -0.138. The maximum absolute atomic E-state index is 13.6. The Hall–Kier alpha value is -3.48. The van der Waals surface area contributed by atoms with E-state index in [9.17, 15) is 22.8 Å². The van der Waals surface area contributed by atoms with Gasteiger partial charge in [-0.25, -0.2) is 4.99 Å². The summed E-state index contributed by atoms with van der Waals surface area (Å²) in [6.07, 6.45) is 0.752. The molecular formula is C30H43F3N4O5. The summed E-state index contributed by atoms with van der Waals surface area (Å²) in [5.41, 5.74) is 4.78. The molecule has 0 bridgehead atoms. The van der Waals surface area contributed by atoms with E-state index in [0.29, 0.717) is 19.1 Å². The topological polar surface area (TPSA) is 130 Å². The molecule has 1 saturated heterocycles. The van der Waals surface area contributed by atoms with Crippen LogP contribution in [0, 0.1) is 0 Å². The number of aldehydes is 1. The molecule has 234 valence electrons. The molecule has 2 heterocycles. The molecule has 0 radical (unpaired) electrons. The molecule has 3 rings (SSSR count). The number of rotatable bonds is 8. The van der Waals surface area contributed by atoms with Crippen molar-refractivity contribution in [2.75, 3.05) is 13.6 Å².